The minimum atomic E-state index is -0.368. The maximum absolute atomic E-state index is 13.9. The highest BCUT2D eigenvalue weighted by Crippen LogP contribution is 2.17. The number of fused-ring (bicyclic) bond motifs is 1. The van der Waals surface area contributed by atoms with Crippen LogP contribution in [0.15, 0.2) is 47.3 Å². The summed E-state index contributed by atoms with van der Waals surface area (Å²) < 4.78 is 18.8. The summed E-state index contributed by atoms with van der Waals surface area (Å²) >= 11 is 0. The van der Waals surface area contributed by atoms with Crippen molar-refractivity contribution in [2.24, 2.45) is 0 Å². The first-order valence-corrected chi connectivity index (χ1v) is 8.24. The predicted octanol–water partition coefficient (Wildman–Crippen LogP) is 1.68. The zero-order chi connectivity index (χ0) is 17.8. The molecule has 130 valence electrons. The topological polar surface area (TPSA) is 59.4 Å². The number of benzene rings is 2. The van der Waals surface area contributed by atoms with Gasteiger partial charge in [0, 0.05) is 5.56 Å². The van der Waals surface area contributed by atoms with Crippen LogP contribution in [0.25, 0.3) is 10.9 Å². The van der Waals surface area contributed by atoms with E-state index in [1.165, 1.54) is 18.1 Å². The molecule has 0 spiro atoms. The van der Waals surface area contributed by atoms with E-state index >= 15 is 0 Å². The average molecular weight is 342 g/mol. The Morgan fingerprint density at radius 2 is 2.00 bits per heavy atom. The van der Waals surface area contributed by atoms with Gasteiger partial charge < -0.3 is 14.6 Å². The van der Waals surface area contributed by atoms with Gasteiger partial charge >= 0.3 is 0 Å². The number of H-pyrrole nitrogens is 1. The first-order chi connectivity index (χ1) is 12.1. The van der Waals surface area contributed by atoms with Gasteiger partial charge in [0.15, 0.2) is 17.4 Å². The molecular formula is C19H21FN3O2+. The first kappa shape index (κ1) is 17.1. The normalized spacial score (nSPS) is 12.3. The van der Waals surface area contributed by atoms with Crippen LogP contribution in [0.3, 0.4) is 0 Å². The highest BCUT2D eigenvalue weighted by atomic mass is 19.1. The number of aromatic nitrogens is 2. The minimum Gasteiger partial charge on any atom is -0.494 e. The van der Waals surface area contributed by atoms with Crippen molar-refractivity contribution in [3.8, 4) is 5.75 Å². The summed E-state index contributed by atoms with van der Waals surface area (Å²) in [7, 11) is 1.45. The van der Waals surface area contributed by atoms with Gasteiger partial charge in [-0.3, -0.25) is 4.79 Å². The number of nitrogens with one attached hydrogen (secondary N) is 2. The van der Waals surface area contributed by atoms with E-state index in [9.17, 15) is 9.18 Å². The largest absolute Gasteiger partial charge is 0.494 e. The Morgan fingerprint density at radius 3 is 2.72 bits per heavy atom. The van der Waals surface area contributed by atoms with Gasteiger partial charge in [0.05, 0.1) is 24.6 Å². The molecule has 5 nitrogen and oxygen atoms in total. The first-order valence-electron chi connectivity index (χ1n) is 8.24. The van der Waals surface area contributed by atoms with Gasteiger partial charge in [0.2, 0.25) is 0 Å². The summed E-state index contributed by atoms with van der Waals surface area (Å²) in [5.41, 5.74) is 1.43. The van der Waals surface area contributed by atoms with Gasteiger partial charge in [0.25, 0.3) is 5.56 Å². The van der Waals surface area contributed by atoms with Crippen molar-refractivity contribution in [3.05, 3.63) is 70.0 Å². The highest BCUT2D eigenvalue weighted by Gasteiger charge is 2.13. The molecule has 1 heterocycles. The van der Waals surface area contributed by atoms with Gasteiger partial charge in [-0.25, -0.2) is 9.37 Å². The van der Waals surface area contributed by atoms with Crippen molar-refractivity contribution in [1.82, 2.24) is 9.97 Å². The summed E-state index contributed by atoms with van der Waals surface area (Å²) in [6.45, 7) is 4.07. The zero-order valence-corrected chi connectivity index (χ0v) is 14.3. The Morgan fingerprint density at radius 1 is 1.20 bits per heavy atom. The molecule has 0 aliphatic rings. The molecular weight excluding hydrogens is 321 g/mol. The molecule has 0 saturated carbocycles. The van der Waals surface area contributed by atoms with Crippen LogP contribution in [-0.2, 0) is 13.1 Å². The van der Waals surface area contributed by atoms with Gasteiger partial charge in [-0.2, -0.15) is 0 Å². The smallest absolute Gasteiger partial charge is 0.258 e. The van der Waals surface area contributed by atoms with E-state index in [0.717, 1.165) is 12.1 Å². The number of aromatic amines is 1. The lowest BCUT2D eigenvalue weighted by molar-refractivity contribution is -0.926. The predicted molar refractivity (Wildman–Crippen MR) is 94.2 cm³/mol. The molecule has 6 heteroatoms. The van der Waals surface area contributed by atoms with Crippen molar-refractivity contribution in [2.75, 3.05) is 13.7 Å². The fourth-order valence-corrected chi connectivity index (χ4v) is 2.88. The maximum atomic E-state index is 13.9. The quantitative estimate of drug-likeness (QED) is 0.716. The summed E-state index contributed by atoms with van der Waals surface area (Å²) in [5.74, 6) is 0.504. The zero-order valence-electron chi connectivity index (χ0n) is 14.3. The Balaban J connectivity index is 1.80. The molecule has 0 amide bonds. The van der Waals surface area contributed by atoms with E-state index in [2.05, 4.69) is 9.97 Å². The third-order valence-electron chi connectivity index (χ3n) is 4.25. The van der Waals surface area contributed by atoms with Crippen LogP contribution in [0, 0.1) is 5.82 Å². The number of nitrogens with zero attached hydrogens (tertiary/aromatic N) is 1. The van der Waals surface area contributed by atoms with E-state index in [4.69, 9.17) is 4.74 Å². The van der Waals surface area contributed by atoms with Crippen LogP contribution in [0.4, 0.5) is 4.39 Å². The third kappa shape index (κ3) is 3.85. The highest BCUT2D eigenvalue weighted by molar-refractivity contribution is 5.77. The second kappa shape index (κ2) is 7.44. The lowest BCUT2D eigenvalue weighted by atomic mass is 10.2. The number of ether oxygens (including phenoxy) is 1. The number of hydrogen-bond donors (Lipinski definition) is 2. The molecule has 0 aliphatic heterocycles. The van der Waals surface area contributed by atoms with Gasteiger partial charge in [0.1, 0.15) is 13.1 Å². The van der Waals surface area contributed by atoms with Crippen LogP contribution < -0.4 is 15.2 Å². The van der Waals surface area contributed by atoms with Crippen LogP contribution in [0.5, 0.6) is 5.75 Å². The molecule has 2 N–H and O–H groups in total. The van der Waals surface area contributed by atoms with Crippen molar-refractivity contribution in [2.45, 2.75) is 20.0 Å². The van der Waals surface area contributed by atoms with E-state index in [1.54, 1.807) is 12.1 Å². The maximum Gasteiger partial charge on any atom is 0.258 e. The van der Waals surface area contributed by atoms with Gasteiger partial charge in [-0.15, -0.1) is 0 Å². The van der Waals surface area contributed by atoms with Crippen molar-refractivity contribution >= 4 is 10.9 Å². The molecule has 25 heavy (non-hydrogen) atoms. The molecule has 3 rings (SSSR count). The Kier molecular flexibility index (Phi) is 5.09. The summed E-state index contributed by atoms with van der Waals surface area (Å²) in [6, 6.07) is 12.3. The molecule has 0 aliphatic carbocycles. The van der Waals surface area contributed by atoms with Crippen LogP contribution in [0.2, 0.25) is 0 Å². The van der Waals surface area contributed by atoms with E-state index < -0.39 is 0 Å². The van der Waals surface area contributed by atoms with Crippen LogP contribution in [0.1, 0.15) is 18.3 Å². The molecule has 0 radical (unpaired) electrons. The van der Waals surface area contributed by atoms with Crippen molar-refractivity contribution in [3.63, 3.8) is 0 Å². The third-order valence-corrected chi connectivity index (χ3v) is 4.25. The van der Waals surface area contributed by atoms with Gasteiger partial charge in [-0.1, -0.05) is 12.1 Å². The molecule has 1 unspecified atom stereocenters. The standard InChI is InChI=1S/C19H20FN3O2/c1-3-23(11-13-8-9-17(25-2)15(20)10-13)12-18-21-16-7-5-4-6-14(16)19(24)22-18/h4-10H,3,11-12H2,1-2H3,(H,21,22,24)/p+1. The molecule has 0 bridgehead atoms. The average Bonchev–Trinajstić information content (AvgIpc) is 2.61. The molecule has 3 aromatic rings. The number of quaternary nitrogens is 1. The Bertz CT molecular complexity index is 939. The monoisotopic (exact) mass is 342 g/mol. The van der Waals surface area contributed by atoms with E-state index in [0.29, 0.717) is 29.8 Å². The van der Waals surface area contributed by atoms with Crippen LogP contribution >= 0.6 is 0 Å². The SMILES string of the molecule is CC[NH+](Cc1ccc(OC)c(F)c1)Cc1nc2ccccc2c(=O)[nH]1. The Labute approximate surface area is 145 Å². The van der Waals surface area contributed by atoms with Crippen molar-refractivity contribution < 1.29 is 14.0 Å². The summed E-state index contributed by atoms with van der Waals surface area (Å²) in [4.78, 5) is 20.7. The molecule has 0 saturated heterocycles. The fourth-order valence-electron chi connectivity index (χ4n) is 2.88. The molecule has 0 fully saturated rings. The number of halogens is 1. The summed E-state index contributed by atoms with van der Waals surface area (Å²) in [6.07, 6.45) is 0. The number of para-hydroxylation sites is 1. The molecule has 1 aromatic heterocycles. The number of methoxy groups -OCH3 is 1. The van der Waals surface area contributed by atoms with Crippen LogP contribution in [-0.4, -0.2) is 23.6 Å². The van der Waals surface area contributed by atoms with Crippen molar-refractivity contribution in [1.29, 1.82) is 0 Å². The van der Waals surface area contributed by atoms with E-state index in [-0.39, 0.29) is 17.1 Å². The molecule has 1 atom stereocenters. The molecule has 2 aromatic carbocycles. The lowest BCUT2D eigenvalue weighted by Crippen LogP contribution is -3.09. The number of rotatable bonds is 6. The Hall–Kier alpha value is -2.73. The van der Waals surface area contributed by atoms with E-state index in [1.807, 2.05) is 31.2 Å². The number of hydrogen-bond acceptors (Lipinski definition) is 3. The van der Waals surface area contributed by atoms with Gasteiger partial charge in [-0.05, 0) is 37.3 Å². The second-order valence-corrected chi connectivity index (χ2v) is 5.96. The lowest BCUT2D eigenvalue weighted by Gasteiger charge is -2.17. The second-order valence-electron chi connectivity index (χ2n) is 5.96. The minimum absolute atomic E-state index is 0.133. The fraction of sp³-hybridized carbons (Fsp3) is 0.263. The summed E-state index contributed by atoms with van der Waals surface area (Å²) in [5, 5.41) is 0.585.